The highest BCUT2D eigenvalue weighted by Crippen LogP contribution is 2.37. The van der Waals surface area contributed by atoms with Crippen LogP contribution in [0, 0.1) is 0 Å². The Balaban J connectivity index is 1.43. The van der Waals surface area contributed by atoms with E-state index in [4.69, 9.17) is 4.74 Å². The van der Waals surface area contributed by atoms with Gasteiger partial charge in [-0.1, -0.05) is 0 Å². The van der Waals surface area contributed by atoms with E-state index in [1.807, 2.05) is 6.07 Å². The fraction of sp³-hybridized carbons (Fsp3) is 0.158. The second-order valence-electron chi connectivity index (χ2n) is 6.90. The second kappa shape index (κ2) is 6.37. The number of amides is 5. The number of aromatic amines is 1. The van der Waals surface area contributed by atoms with Crippen molar-refractivity contribution in [1.82, 2.24) is 25.8 Å². The van der Waals surface area contributed by atoms with E-state index in [1.54, 1.807) is 18.3 Å². The number of carbonyl (C=O) groups excluding carboxylic acids is 4. The van der Waals surface area contributed by atoms with Gasteiger partial charge in [0.25, 0.3) is 11.8 Å². The Morgan fingerprint density at radius 1 is 1.00 bits per heavy atom. The highest BCUT2D eigenvalue weighted by Gasteiger charge is 2.60. The number of carbonyl (C=O) groups is 4. The number of benzene rings is 1. The number of imide groups is 2. The third-order valence-corrected chi connectivity index (χ3v) is 5.15. The van der Waals surface area contributed by atoms with Gasteiger partial charge in [0.1, 0.15) is 5.75 Å². The van der Waals surface area contributed by atoms with Gasteiger partial charge in [-0.3, -0.25) is 35.0 Å². The number of rotatable bonds is 3. The van der Waals surface area contributed by atoms with Crippen LogP contribution in [0.25, 0.3) is 10.9 Å². The SMILES string of the molecule is O=C1NC(=O)C2(CCC(=O)N2c2ccc(Oc3ccc4[nH]ncc4c3)nc2)C(=O)N1. The van der Waals surface area contributed by atoms with E-state index < -0.39 is 29.3 Å². The molecular weight excluding hydrogens is 392 g/mol. The molecule has 0 bridgehead atoms. The van der Waals surface area contributed by atoms with Crippen molar-refractivity contribution >= 4 is 40.3 Å². The molecule has 30 heavy (non-hydrogen) atoms. The molecule has 150 valence electrons. The number of H-pyrrole nitrogens is 1. The molecule has 2 aliphatic rings. The Morgan fingerprint density at radius 2 is 1.80 bits per heavy atom. The standard InChI is InChI=1S/C19H14N6O5/c26-15-5-6-19(16(27)22-18(29)23-17(19)28)25(15)11-1-4-14(20-9-11)30-12-2-3-13-10(7-12)8-21-24-13/h1-4,7-9H,5-6H2,(H,21,24)(H2,22,23,27,28,29). The van der Waals surface area contributed by atoms with Gasteiger partial charge >= 0.3 is 6.03 Å². The molecule has 4 heterocycles. The molecule has 0 aliphatic carbocycles. The Hall–Kier alpha value is -4.28. The lowest BCUT2D eigenvalue weighted by atomic mass is 9.92. The number of urea groups is 1. The molecular formula is C19H14N6O5. The molecule has 11 nitrogen and oxygen atoms in total. The van der Waals surface area contributed by atoms with Gasteiger partial charge in [-0.25, -0.2) is 9.78 Å². The van der Waals surface area contributed by atoms with Gasteiger partial charge in [0.15, 0.2) is 0 Å². The summed E-state index contributed by atoms with van der Waals surface area (Å²) in [5.41, 5.74) is -0.706. The summed E-state index contributed by atoms with van der Waals surface area (Å²) in [6.45, 7) is 0. The zero-order chi connectivity index (χ0) is 20.9. The minimum absolute atomic E-state index is 0.0159. The molecule has 1 spiro atoms. The quantitative estimate of drug-likeness (QED) is 0.550. The number of hydrogen-bond acceptors (Lipinski definition) is 7. The molecule has 2 aromatic heterocycles. The minimum Gasteiger partial charge on any atom is -0.439 e. The van der Waals surface area contributed by atoms with Gasteiger partial charge in [0, 0.05) is 17.9 Å². The van der Waals surface area contributed by atoms with Crippen molar-refractivity contribution < 1.29 is 23.9 Å². The maximum absolute atomic E-state index is 12.5. The van der Waals surface area contributed by atoms with Gasteiger partial charge in [-0.15, -0.1) is 0 Å². The minimum atomic E-state index is -1.82. The molecule has 3 N–H and O–H groups in total. The number of barbiturate groups is 1. The van der Waals surface area contributed by atoms with E-state index in [-0.39, 0.29) is 24.4 Å². The predicted molar refractivity (Wildman–Crippen MR) is 102 cm³/mol. The van der Waals surface area contributed by atoms with Crippen LogP contribution in [-0.2, 0) is 14.4 Å². The van der Waals surface area contributed by atoms with Crippen LogP contribution >= 0.6 is 0 Å². The summed E-state index contributed by atoms with van der Waals surface area (Å²) in [4.78, 5) is 54.3. The van der Waals surface area contributed by atoms with Crippen LogP contribution < -0.4 is 20.3 Å². The fourth-order valence-corrected chi connectivity index (χ4v) is 3.74. The molecule has 0 saturated carbocycles. The van der Waals surface area contributed by atoms with Crippen LogP contribution in [0.2, 0.25) is 0 Å². The number of ether oxygens (including phenoxy) is 1. The number of pyridine rings is 1. The number of aromatic nitrogens is 3. The summed E-state index contributed by atoms with van der Waals surface area (Å²) in [6, 6.07) is 7.51. The highest BCUT2D eigenvalue weighted by atomic mass is 16.5. The van der Waals surface area contributed by atoms with Crippen LogP contribution in [0.4, 0.5) is 10.5 Å². The smallest absolute Gasteiger partial charge is 0.328 e. The van der Waals surface area contributed by atoms with Gasteiger partial charge < -0.3 is 4.74 Å². The first-order chi connectivity index (χ1) is 14.5. The van der Waals surface area contributed by atoms with E-state index in [0.29, 0.717) is 5.75 Å². The van der Waals surface area contributed by atoms with Crippen LogP contribution in [0.3, 0.4) is 0 Å². The molecule has 0 unspecified atom stereocenters. The molecule has 2 fully saturated rings. The van der Waals surface area contributed by atoms with Gasteiger partial charge in [-0.2, -0.15) is 5.10 Å². The lowest BCUT2D eigenvalue weighted by Crippen LogP contribution is -2.72. The van der Waals surface area contributed by atoms with E-state index in [9.17, 15) is 19.2 Å². The molecule has 5 rings (SSSR count). The monoisotopic (exact) mass is 406 g/mol. The molecule has 1 aromatic carbocycles. The Bertz CT molecular complexity index is 1200. The Morgan fingerprint density at radius 3 is 2.53 bits per heavy atom. The van der Waals surface area contributed by atoms with E-state index >= 15 is 0 Å². The van der Waals surface area contributed by atoms with Crippen molar-refractivity contribution in [1.29, 1.82) is 0 Å². The normalized spacial score (nSPS) is 18.1. The van der Waals surface area contributed by atoms with Crippen molar-refractivity contribution in [3.8, 4) is 11.6 Å². The van der Waals surface area contributed by atoms with Crippen LogP contribution in [0.1, 0.15) is 12.8 Å². The van der Waals surface area contributed by atoms with Crippen molar-refractivity contribution in [3.05, 3.63) is 42.7 Å². The number of nitrogens with one attached hydrogen (secondary N) is 3. The van der Waals surface area contributed by atoms with Gasteiger partial charge in [-0.05, 0) is 30.7 Å². The lowest BCUT2D eigenvalue weighted by Gasteiger charge is -2.37. The van der Waals surface area contributed by atoms with E-state index in [1.165, 1.54) is 18.3 Å². The van der Waals surface area contributed by atoms with E-state index in [0.717, 1.165) is 15.8 Å². The zero-order valence-electron chi connectivity index (χ0n) is 15.3. The summed E-state index contributed by atoms with van der Waals surface area (Å²) in [5, 5.41) is 11.8. The highest BCUT2D eigenvalue weighted by molar-refractivity contribution is 6.28. The second-order valence-corrected chi connectivity index (χ2v) is 6.90. The van der Waals surface area contributed by atoms with Crippen LogP contribution in [-0.4, -0.2) is 44.5 Å². The van der Waals surface area contributed by atoms with Crippen LogP contribution in [0.15, 0.2) is 42.7 Å². The first kappa shape index (κ1) is 17.8. The average Bonchev–Trinajstić information content (AvgIpc) is 3.32. The maximum Gasteiger partial charge on any atom is 0.328 e. The van der Waals surface area contributed by atoms with Crippen LogP contribution in [0.5, 0.6) is 11.6 Å². The number of fused-ring (bicyclic) bond motifs is 1. The summed E-state index contributed by atoms with van der Waals surface area (Å²) in [7, 11) is 0. The summed E-state index contributed by atoms with van der Waals surface area (Å²) >= 11 is 0. The average molecular weight is 406 g/mol. The number of nitrogens with zero attached hydrogens (tertiary/aromatic N) is 3. The van der Waals surface area contributed by atoms with Crippen molar-refractivity contribution in [2.24, 2.45) is 0 Å². The Labute approximate surface area is 168 Å². The largest absolute Gasteiger partial charge is 0.439 e. The van der Waals surface area contributed by atoms with E-state index in [2.05, 4.69) is 25.8 Å². The third-order valence-electron chi connectivity index (χ3n) is 5.15. The molecule has 0 atom stereocenters. The summed E-state index contributed by atoms with van der Waals surface area (Å²) in [5.74, 6) is -1.29. The van der Waals surface area contributed by atoms with Crippen molar-refractivity contribution in [3.63, 3.8) is 0 Å². The topological polar surface area (TPSA) is 146 Å². The van der Waals surface area contributed by atoms with Crippen molar-refractivity contribution in [2.75, 3.05) is 4.90 Å². The molecule has 3 aromatic rings. The van der Waals surface area contributed by atoms with Gasteiger partial charge in [0.2, 0.25) is 17.3 Å². The first-order valence-corrected chi connectivity index (χ1v) is 9.04. The summed E-state index contributed by atoms with van der Waals surface area (Å²) < 4.78 is 5.73. The first-order valence-electron chi connectivity index (χ1n) is 9.04. The third kappa shape index (κ3) is 2.59. The lowest BCUT2D eigenvalue weighted by molar-refractivity contribution is -0.138. The number of hydrogen-bond donors (Lipinski definition) is 3. The van der Waals surface area contributed by atoms with Gasteiger partial charge in [0.05, 0.1) is 23.6 Å². The molecule has 5 amide bonds. The zero-order valence-corrected chi connectivity index (χ0v) is 15.3. The predicted octanol–water partition coefficient (Wildman–Crippen LogP) is 0.982. The van der Waals surface area contributed by atoms with Crippen molar-refractivity contribution in [2.45, 2.75) is 18.4 Å². The fourth-order valence-electron chi connectivity index (χ4n) is 3.74. The Kier molecular flexibility index (Phi) is 3.78. The maximum atomic E-state index is 12.5. The molecule has 2 saturated heterocycles. The molecule has 11 heteroatoms. The summed E-state index contributed by atoms with van der Waals surface area (Å²) in [6.07, 6.45) is 2.95. The molecule has 0 radical (unpaired) electrons. The molecule has 2 aliphatic heterocycles. The number of anilines is 1.